The second-order valence-corrected chi connectivity index (χ2v) is 9.59. The number of benzene rings is 1. The molecule has 1 atom stereocenters. The highest BCUT2D eigenvalue weighted by atomic mass is 79.9. The van der Waals surface area contributed by atoms with E-state index in [-0.39, 0.29) is 5.91 Å². The first-order valence-corrected chi connectivity index (χ1v) is 11.5. The van der Waals surface area contributed by atoms with Gasteiger partial charge in [-0.3, -0.25) is 4.79 Å². The number of amides is 1. The second kappa shape index (κ2) is 8.37. The SMILES string of the molecule is CC[C@H]1CCc2c(sc(N=Cc3cc(Br)ccc3OC)c2C(=O)NC2CC2)C1. The molecule has 0 radical (unpaired) electrons. The maximum Gasteiger partial charge on any atom is 0.254 e. The number of thiophene rings is 1. The smallest absolute Gasteiger partial charge is 0.254 e. The van der Waals surface area contributed by atoms with Crippen LogP contribution in [0.3, 0.4) is 0 Å². The summed E-state index contributed by atoms with van der Waals surface area (Å²) in [4.78, 5) is 19.1. The number of methoxy groups -OCH3 is 1. The molecule has 4 nitrogen and oxygen atoms in total. The highest BCUT2D eigenvalue weighted by Gasteiger charge is 2.31. The molecule has 28 heavy (non-hydrogen) atoms. The zero-order valence-electron chi connectivity index (χ0n) is 16.3. The Labute approximate surface area is 178 Å². The van der Waals surface area contributed by atoms with Crippen LogP contribution in [-0.4, -0.2) is 25.3 Å². The lowest BCUT2D eigenvalue weighted by atomic mass is 9.85. The molecule has 1 aromatic heterocycles. The Hall–Kier alpha value is -1.66. The summed E-state index contributed by atoms with van der Waals surface area (Å²) in [7, 11) is 1.66. The van der Waals surface area contributed by atoms with E-state index in [9.17, 15) is 4.79 Å². The number of ether oxygens (including phenoxy) is 1. The molecule has 2 aliphatic rings. The Bertz CT molecular complexity index is 918. The number of nitrogens with zero attached hydrogens (tertiary/aromatic N) is 1. The predicted octanol–water partition coefficient (Wildman–Crippen LogP) is 5.68. The minimum Gasteiger partial charge on any atom is -0.496 e. The molecule has 1 fully saturated rings. The van der Waals surface area contributed by atoms with Crippen molar-refractivity contribution in [1.82, 2.24) is 5.32 Å². The predicted molar refractivity (Wildman–Crippen MR) is 119 cm³/mol. The first-order chi connectivity index (χ1) is 13.6. The standard InChI is InChI=1S/C22H25BrN2O2S/c1-3-13-4-8-17-19(10-13)28-22(20(17)21(26)25-16-6-7-16)24-12-14-11-15(23)5-9-18(14)27-2/h5,9,11-13,16H,3-4,6-8,10H2,1-2H3,(H,25,26)/t13-/m0/s1. The van der Waals surface area contributed by atoms with Gasteiger partial charge >= 0.3 is 0 Å². The highest BCUT2D eigenvalue weighted by molar-refractivity contribution is 9.10. The van der Waals surface area contributed by atoms with Crippen LogP contribution in [0.15, 0.2) is 27.7 Å². The first kappa shape index (κ1) is 19.6. The van der Waals surface area contributed by atoms with Gasteiger partial charge in [-0.05, 0) is 61.8 Å². The van der Waals surface area contributed by atoms with Gasteiger partial charge in [-0.25, -0.2) is 4.99 Å². The molecule has 1 amide bonds. The van der Waals surface area contributed by atoms with E-state index < -0.39 is 0 Å². The van der Waals surface area contributed by atoms with Crippen LogP contribution >= 0.6 is 27.3 Å². The van der Waals surface area contributed by atoms with Gasteiger partial charge in [-0.2, -0.15) is 0 Å². The average Bonchev–Trinajstić information content (AvgIpc) is 3.43. The Balaban J connectivity index is 1.70. The lowest BCUT2D eigenvalue weighted by molar-refractivity contribution is 0.0951. The zero-order valence-corrected chi connectivity index (χ0v) is 18.7. The van der Waals surface area contributed by atoms with Gasteiger partial charge in [0.25, 0.3) is 5.91 Å². The van der Waals surface area contributed by atoms with Crippen molar-refractivity contribution in [2.75, 3.05) is 7.11 Å². The van der Waals surface area contributed by atoms with Crippen LogP contribution in [-0.2, 0) is 12.8 Å². The largest absolute Gasteiger partial charge is 0.496 e. The van der Waals surface area contributed by atoms with Gasteiger partial charge < -0.3 is 10.1 Å². The number of aliphatic imine (C=N–C) groups is 1. The van der Waals surface area contributed by atoms with E-state index in [1.807, 2.05) is 24.4 Å². The normalized spacial score (nSPS) is 18.9. The Morgan fingerprint density at radius 3 is 2.93 bits per heavy atom. The van der Waals surface area contributed by atoms with Gasteiger partial charge in [-0.1, -0.05) is 29.3 Å². The van der Waals surface area contributed by atoms with Gasteiger partial charge in [0.2, 0.25) is 0 Å². The monoisotopic (exact) mass is 460 g/mol. The third-order valence-corrected chi connectivity index (χ3v) is 7.23. The molecule has 1 N–H and O–H groups in total. The van der Waals surface area contributed by atoms with Crippen LogP contribution in [0.1, 0.15) is 59.0 Å². The quantitative estimate of drug-likeness (QED) is 0.563. The van der Waals surface area contributed by atoms with Crippen LogP contribution in [0.4, 0.5) is 5.00 Å². The lowest BCUT2D eigenvalue weighted by Gasteiger charge is -2.21. The van der Waals surface area contributed by atoms with E-state index in [4.69, 9.17) is 9.73 Å². The molecule has 0 aliphatic heterocycles. The van der Waals surface area contributed by atoms with E-state index in [0.717, 1.165) is 58.5 Å². The third-order valence-electron chi connectivity index (χ3n) is 5.58. The summed E-state index contributed by atoms with van der Waals surface area (Å²) in [6.07, 6.45) is 8.38. The van der Waals surface area contributed by atoms with Crippen molar-refractivity contribution in [2.24, 2.45) is 10.9 Å². The topological polar surface area (TPSA) is 50.7 Å². The number of hydrogen-bond donors (Lipinski definition) is 1. The number of rotatable bonds is 6. The van der Waals surface area contributed by atoms with E-state index in [1.165, 1.54) is 16.9 Å². The molecule has 1 aromatic carbocycles. The Morgan fingerprint density at radius 2 is 2.21 bits per heavy atom. The molecule has 6 heteroatoms. The molecular weight excluding hydrogens is 436 g/mol. The van der Waals surface area contributed by atoms with Crippen molar-refractivity contribution in [1.29, 1.82) is 0 Å². The van der Waals surface area contributed by atoms with E-state index in [1.54, 1.807) is 18.4 Å². The lowest BCUT2D eigenvalue weighted by Crippen LogP contribution is -2.26. The number of nitrogens with one attached hydrogen (secondary N) is 1. The molecule has 0 spiro atoms. The average molecular weight is 461 g/mol. The van der Waals surface area contributed by atoms with Gasteiger partial charge in [0.05, 0.1) is 12.7 Å². The number of fused-ring (bicyclic) bond motifs is 1. The summed E-state index contributed by atoms with van der Waals surface area (Å²) >= 11 is 5.19. The van der Waals surface area contributed by atoms with Crippen LogP contribution < -0.4 is 10.1 Å². The fraction of sp³-hybridized carbons (Fsp3) is 0.455. The first-order valence-electron chi connectivity index (χ1n) is 9.92. The van der Waals surface area contributed by atoms with Crippen molar-refractivity contribution >= 4 is 44.4 Å². The summed E-state index contributed by atoms with van der Waals surface area (Å²) in [6.45, 7) is 2.25. The van der Waals surface area contributed by atoms with Gasteiger partial charge in [-0.15, -0.1) is 11.3 Å². The van der Waals surface area contributed by atoms with Crippen molar-refractivity contribution in [3.8, 4) is 5.75 Å². The van der Waals surface area contributed by atoms with Crippen LogP contribution in [0.25, 0.3) is 0 Å². The second-order valence-electron chi connectivity index (χ2n) is 7.59. The highest BCUT2D eigenvalue weighted by Crippen LogP contribution is 2.42. The van der Waals surface area contributed by atoms with Crippen molar-refractivity contribution < 1.29 is 9.53 Å². The maximum atomic E-state index is 13.0. The molecule has 2 aliphatic carbocycles. The minimum absolute atomic E-state index is 0.0447. The van der Waals surface area contributed by atoms with E-state index in [0.29, 0.717) is 12.0 Å². The zero-order chi connectivity index (χ0) is 19.7. The van der Waals surface area contributed by atoms with Crippen molar-refractivity contribution in [3.05, 3.63) is 44.2 Å². The number of carbonyl (C=O) groups is 1. The summed E-state index contributed by atoms with van der Waals surface area (Å²) in [5.74, 6) is 1.53. The molecule has 0 saturated heterocycles. The molecule has 4 rings (SSSR count). The molecule has 1 saturated carbocycles. The van der Waals surface area contributed by atoms with Gasteiger partial charge in [0.15, 0.2) is 0 Å². The van der Waals surface area contributed by atoms with Gasteiger partial charge in [0.1, 0.15) is 10.8 Å². The molecule has 0 unspecified atom stereocenters. The van der Waals surface area contributed by atoms with Crippen molar-refractivity contribution in [2.45, 2.75) is 51.5 Å². The summed E-state index contributed by atoms with van der Waals surface area (Å²) in [5, 5.41) is 3.98. The molecule has 148 valence electrons. The maximum absolute atomic E-state index is 13.0. The minimum atomic E-state index is 0.0447. The van der Waals surface area contributed by atoms with E-state index in [2.05, 4.69) is 28.2 Å². The molecule has 1 heterocycles. The van der Waals surface area contributed by atoms with Crippen LogP contribution in [0.2, 0.25) is 0 Å². The van der Waals surface area contributed by atoms with Crippen molar-refractivity contribution in [3.63, 3.8) is 0 Å². The molecular formula is C22H25BrN2O2S. The van der Waals surface area contributed by atoms with Crippen LogP contribution in [0, 0.1) is 5.92 Å². The summed E-state index contributed by atoms with van der Waals surface area (Å²) in [6, 6.07) is 6.18. The summed E-state index contributed by atoms with van der Waals surface area (Å²) < 4.78 is 6.42. The van der Waals surface area contributed by atoms with E-state index >= 15 is 0 Å². The molecule has 0 bridgehead atoms. The Kier molecular flexibility index (Phi) is 5.88. The third kappa shape index (κ3) is 4.18. The number of carbonyl (C=O) groups excluding carboxylic acids is 1. The Morgan fingerprint density at radius 1 is 1.39 bits per heavy atom. The summed E-state index contributed by atoms with van der Waals surface area (Å²) in [5.41, 5.74) is 2.91. The fourth-order valence-electron chi connectivity index (χ4n) is 3.73. The number of halogens is 1. The number of hydrogen-bond acceptors (Lipinski definition) is 4. The van der Waals surface area contributed by atoms with Gasteiger partial charge in [0, 0.05) is 27.2 Å². The molecule has 2 aromatic rings. The fourth-order valence-corrected chi connectivity index (χ4v) is 5.41. The van der Waals surface area contributed by atoms with Crippen LogP contribution in [0.5, 0.6) is 5.75 Å².